The minimum absolute atomic E-state index is 0.646. The van der Waals surface area contributed by atoms with E-state index in [2.05, 4.69) is 17.2 Å². The molecule has 2 heteroatoms. The molecule has 0 spiro atoms. The van der Waals surface area contributed by atoms with Gasteiger partial charge in [0.1, 0.15) is 0 Å². The van der Waals surface area contributed by atoms with Crippen molar-refractivity contribution in [2.24, 2.45) is 29.4 Å². The quantitative estimate of drug-likeness (QED) is 0.805. The Balaban J connectivity index is 1.65. The summed E-state index contributed by atoms with van der Waals surface area (Å²) in [7, 11) is 0. The van der Waals surface area contributed by atoms with Crippen molar-refractivity contribution in [3.8, 4) is 0 Å². The van der Waals surface area contributed by atoms with E-state index in [-0.39, 0.29) is 0 Å². The van der Waals surface area contributed by atoms with Crippen molar-refractivity contribution in [3.05, 3.63) is 23.5 Å². The summed E-state index contributed by atoms with van der Waals surface area (Å²) >= 11 is 0. The van der Waals surface area contributed by atoms with Crippen molar-refractivity contribution >= 4 is 0 Å². The summed E-state index contributed by atoms with van der Waals surface area (Å²) in [6, 6.07) is 2.33. The lowest BCUT2D eigenvalue weighted by atomic mass is 9.51. The van der Waals surface area contributed by atoms with Crippen LogP contribution in [0.2, 0.25) is 0 Å². The van der Waals surface area contributed by atoms with Gasteiger partial charge in [-0.25, -0.2) is 0 Å². The van der Waals surface area contributed by atoms with E-state index >= 15 is 0 Å². The SMILES string of the molecule is NCc1cc(C2C3CC4CC(C3)CC2C4)c[nH]1. The van der Waals surface area contributed by atoms with Gasteiger partial charge in [0.15, 0.2) is 0 Å². The summed E-state index contributed by atoms with van der Waals surface area (Å²) < 4.78 is 0. The fraction of sp³-hybridized carbons (Fsp3) is 0.733. The number of aromatic amines is 1. The second-order valence-corrected chi connectivity index (χ2v) is 6.62. The normalized spacial score (nSPS) is 43.2. The van der Waals surface area contributed by atoms with Crippen LogP contribution in [0.1, 0.15) is 49.3 Å². The lowest BCUT2D eigenvalue weighted by molar-refractivity contribution is -0.00274. The summed E-state index contributed by atoms with van der Waals surface area (Å²) in [6.07, 6.45) is 9.78. The van der Waals surface area contributed by atoms with Crippen LogP contribution in [0.5, 0.6) is 0 Å². The van der Waals surface area contributed by atoms with E-state index in [9.17, 15) is 0 Å². The van der Waals surface area contributed by atoms with E-state index in [1.165, 1.54) is 31.4 Å². The van der Waals surface area contributed by atoms with E-state index in [4.69, 9.17) is 5.73 Å². The maximum absolute atomic E-state index is 5.71. The van der Waals surface area contributed by atoms with Crippen molar-refractivity contribution in [1.29, 1.82) is 0 Å². The fourth-order valence-corrected chi connectivity index (χ4v) is 5.24. The molecule has 3 N–H and O–H groups in total. The van der Waals surface area contributed by atoms with Crippen molar-refractivity contribution < 1.29 is 0 Å². The second kappa shape index (κ2) is 3.61. The Morgan fingerprint density at radius 1 is 1.06 bits per heavy atom. The van der Waals surface area contributed by atoms with Crippen LogP contribution >= 0.6 is 0 Å². The minimum atomic E-state index is 0.646. The van der Waals surface area contributed by atoms with Crippen molar-refractivity contribution in [2.75, 3.05) is 0 Å². The zero-order valence-corrected chi connectivity index (χ0v) is 10.4. The van der Waals surface area contributed by atoms with Crippen LogP contribution in [0, 0.1) is 23.7 Å². The number of rotatable bonds is 2. The number of aromatic nitrogens is 1. The molecule has 0 amide bonds. The van der Waals surface area contributed by atoms with E-state index in [1.807, 2.05) is 0 Å². The van der Waals surface area contributed by atoms with Crippen LogP contribution in [0.3, 0.4) is 0 Å². The maximum atomic E-state index is 5.71. The first-order valence-electron chi connectivity index (χ1n) is 7.20. The number of hydrogen-bond acceptors (Lipinski definition) is 1. The van der Waals surface area contributed by atoms with Gasteiger partial charge in [-0.05, 0) is 73.3 Å². The summed E-state index contributed by atoms with van der Waals surface area (Å²) in [5.74, 6) is 4.95. The molecule has 4 saturated carbocycles. The summed E-state index contributed by atoms with van der Waals surface area (Å²) in [5.41, 5.74) is 8.46. The molecule has 5 rings (SSSR count). The van der Waals surface area contributed by atoms with Crippen LogP contribution in [-0.4, -0.2) is 4.98 Å². The molecule has 1 heterocycles. The van der Waals surface area contributed by atoms with Gasteiger partial charge in [-0.1, -0.05) is 0 Å². The highest BCUT2D eigenvalue weighted by atomic mass is 14.7. The molecular formula is C15H22N2. The van der Waals surface area contributed by atoms with Gasteiger partial charge in [0, 0.05) is 18.4 Å². The van der Waals surface area contributed by atoms with E-state index in [0.29, 0.717) is 6.54 Å². The third-order valence-corrected chi connectivity index (χ3v) is 5.60. The molecule has 4 fully saturated rings. The topological polar surface area (TPSA) is 41.8 Å². The number of H-pyrrole nitrogens is 1. The van der Waals surface area contributed by atoms with Crippen molar-refractivity contribution in [3.63, 3.8) is 0 Å². The van der Waals surface area contributed by atoms with Gasteiger partial charge < -0.3 is 10.7 Å². The monoisotopic (exact) mass is 230 g/mol. The molecule has 2 nitrogen and oxygen atoms in total. The summed E-state index contributed by atoms with van der Waals surface area (Å²) in [4.78, 5) is 3.34. The van der Waals surface area contributed by atoms with Crippen LogP contribution < -0.4 is 5.73 Å². The smallest absolute Gasteiger partial charge is 0.0332 e. The molecule has 17 heavy (non-hydrogen) atoms. The molecule has 1 aromatic rings. The molecule has 92 valence electrons. The van der Waals surface area contributed by atoms with Crippen molar-refractivity contribution in [1.82, 2.24) is 4.98 Å². The van der Waals surface area contributed by atoms with Gasteiger partial charge in [-0.3, -0.25) is 0 Å². The lowest BCUT2D eigenvalue weighted by Crippen LogP contribution is -2.43. The Kier molecular flexibility index (Phi) is 2.17. The van der Waals surface area contributed by atoms with Crippen molar-refractivity contribution in [2.45, 2.75) is 44.6 Å². The molecule has 4 bridgehead atoms. The van der Waals surface area contributed by atoms with Gasteiger partial charge in [-0.15, -0.1) is 0 Å². The van der Waals surface area contributed by atoms with Crippen LogP contribution in [0.4, 0.5) is 0 Å². The van der Waals surface area contributed by atoms with E-state index < -0.39 is 0 Å². The average Bonchev–Trinajstić information content (AvgIpc) is 2.76. The molecule has 0 atom stereocenters. The van der Waals surface area contributed by atoms with Gasteiger partial charge in [0.25, 0.3) is 0 Å². The highest BCUT2D eigenvalue weighted by molar-refractivity contribution is 5.25. The fourth-order valence-electron chi connectivity index (χ4n) is 5.24. The highest BCUT2D eigenvalue weighted by Gasteiger charge is 2.48. The maximum Gasteiger partial charge on any atom is 0.0332 e. The van der Waals surface area contributed by atoms with Crippen LogP contribution in [-0.2, 0) is 6.54 Å². The Labute approximate surface area is 103 Å². The first kappa shape index (κ1) is 10.2. The zero-order chi connectivity index (χ0) is 11.4. The summed E-state index contributed by atoms with van der Waals surface area (Å²) in [5, 5.41) is 0. The number of nitrogens with two attached hydrogens (primary N) is 1. The second-order valence-electron chi connectivity index (χ2n) is 6.62. The molecule has 4 aliphatic carbocycles. The molecule has 0 aliphatic heterocycles. The third kappa shape index (κ3) is 1.50. The molecular weight excluding hydrogens is 208 g/mol. The molecule has 0 aromatic carbocycles. The van der Waals surface area contributed by atoms with Crippen LogP contribution in [0.15, 0.2) is 12.3 Å². The predicted molar refractivity (Wildman–Crippen MR) is 68.5 cm³/mol. The molecule has 1 aromatic heterocycles. The molecule has 0 unspecified atom stereocenters. The lowest BCUT2D eigenvalue weighted by Gasteiger charge is -2.54. The van der Waals surface area contributed by atoms with Gasteiger partial charge in [0.05, 0.1) is 0 Å². The zero-order valence-electron chi connectivity index (χ0n) is 10.4. The van der Waals surface area contributed by atoms with E-state index in [1.54, 1.807) is 12.0 Å². The molecule has 4 aliphatic rings. The molecule has 0 saturated heterocycles. The first-order chi connectivity index (χ1) is 8.33. The number of nitrogens with one attached hydrogen (secondary N) is 1. The van der Waals surface area contributed by atoms with E-state index in [0.717, 1.165) is 29.6 Å². The number of hydrogen-bond donors (Lipinski definition) is 2. The Hall–Kier alpha value is -0.760. The Morgan fingerprint density at radius 3 is 2.24 bits per heavy atom. The van der Waals surface area contributed by atoms with Gasteiger partial charge >= 0.3 is 0 Å². The predicted octanol–water partition coefficient (Wildman–Crippen LogP) is 3.01. The van der Waals surface area contributed by atoms with Gasteiger partial charge in [0.2, 0.25) is 0 Å². The summed E-state index contributed by atoms with van der Waals surface area (Å²) in [6.45, 7) is 0.646. The highest BCUT2D eigenvalue weighted by Crippen LogP contribution is 2.59. The average molecular weight is 230 g/mol. The first-order valence-corrected chi connectivity index (χ1v) is 7.20. The Morgan fingerprint density at radius 2 is 1.71 bits per heavy atom. The largest absolute Gasteiger partial charge is 0.364 e. The minimum Gasteiger partial charge on any atom is -0.364 e. The van der Waals surface area contributed by atoms with Crippen LogP contribution in [0.25, 0.3) is 0 Å². The Bertz CT molecular complexity index is 392. The van der Waals surface area contributed by atoms with Gasteiger partial charge in [-0.2, -0.15) is 0 Å². The molecule has 0 radical (unpaired) electrons. The third-order valence-electron chi connectivity index (χ3n) is 5.60. The standard InChI is InChI=1S/C15H22N2/c16-7-14-6-13(8-17-14)15-11-2-9-1-10(4-11)5-12(15)3-9/h6,8-12,15,17H,1-5,7,16H2.